The molecule has 1 unspecified atom stereocenters. The number of rotatable bonds is 8. The van der Waals surface area contributed by atoms with E-state index in [1.54, 1.807) is 0 Å². The van der Waals surface area contributed by atoms with Gasteiger partial charge in [-0.2, -0.15) is 0 Å². The zero-order chi connectivity index (χ0) is 17.5. The average Bonchev–Trinajstić information content (AvgIpc) is 3.38. The molecular formula is C20H33N5. The zero-order valence-corrected chi connectivity index (χ0v) is 15.7. The summed E-state index contributed by atoms with van der Waals surface area (Å²) in [6.45, 7) is 10.5. The molecule has 3 rings (SSSR count). The number of nitrogens with zero attached hydrogens (tertiary/aromatic N) is 3. The van der Waals surface area contributed by atoms with Crippen LogP contribution in [0.15, 0.2) is 35.3 Å². The van der Waals surface area contributed by atoms with Crippen LogP contribution in [0.25, 0.3) is 0 Å². The molecule has 1 aliphatic heterocycles. The van der Waals surface area contributed by atoms with Crippen LogP contribution < -0.4 is 15.5 Å². The van der Waals surface area contributed by atoms with E-state index < -0.39 is 0 Å². The molecule has 2 N–H and O–H groups in total. The Labute approximate surface area is 152 Å². The summed E-state index contributed by atoms with van der Waals surface area (Å²) >= 11 is 0. The van der Waals surface area contributed by atoms with Gasteiger partial charge in [0.05, 0.1) is 6.54 Å². The summed E-state index contributed by atoms with van der Waals surface area (Å²) in [6, 6.07) is 12.0. The number of hydrogen-bond donors (Lipinski definition) is 2. The first-order valence-electron chi connectivity index (χ1n) is 9.89. The molecule has 1 atom stereocenters. The van der Waals surface area contributed by atoms with Crippen molar-refractivity contribution in [2.75, 3.05) is 44.2 Å². The minimum atomic E-state index is 0.462. The summed E-state index contributed by atoms with van der Waals surface area (Å²) in [4.78, 5) is 9.81. The van der Waals surface area contributed by atoms with Crippen molar-refractivity contribution in [2.45, 2.75) is 45.2 Å². The summed E-state index contributed by atoms with van der Waals surface area (Å²) in [5.41, 5.74) is 1.32. The molecule has 1 aliphatic carbocycles. The van der Waals surface area contributed by atoms with Gasteiger partial charge in [-0.25, -0.2) is 0 Å². The van der Waals surface area contributed by atoms with Gasteiger partial charge in [-0.15, -0.1) is 0 Å². The number of nitrogens with one attached hydrogen (secondary N) is 2. The molecule has 1 aromatic carbocycles. The first-order chi connectivity index (χ1) is 12.3. The second kappa shape index (κ2) is 9.09. The van der Waals surface area contributed by atoms with Gasteiger partial charge in [0.25, 0.3) is 0 Å². The first kappa shape index (κ1) is 18.1. The maximum absolute atomic E-state index is 4.81. The second-order valence-electron chi connectivity index (χ2n) is 7.03. The van der Waals surface area contributed by atoms with Crippen LogP contribution in [0.3, 0.4) is 0 Å². The van der Waals surface area contributed by atoms with Crippen LogP contribution in [0.2, 0.25) is 0 Å². The lowest BCUT2D eigenvalue weighted by atomic mass is 10.3. The normalized spacial score (nSPS) is 21.0. The van der Waals surface area contributed by atoms with Crippen molar-refractivity contribution in [3.8, 4) is 0 Å². The first-order valence-corrected chi connectivity index (χ1v) is 9.89. The Morgan fingerprint density at radius 2 is 2.00 bits per heavy atom. The molecule has 0 bridgehead atoms. The fraction of sp³-hybridized carbons (Fsp3) is 0.650. The van der Waals surface area contributed by atoms with Crippen LogP contribution in [-0.4, -0.2) is 62.2 Å². The third-order valence-corrected chi connectivity index (χ3v) is 5.12. The number of aliphatic imine (C=N–C) groups is 1. The molecule has 0 amide bonds. The Kier molecular flexibility index (Phi) is 6.56. The SMILES string of the molecule is CCNC(=NCCN(CC)C1CC1)NC1CCN(c2ccccc2)C1. The van der Waals surface area contributed by atoms with Crippen LogP contribution in [0.5, 0.6) is 0 Å². The molecule has 5 heteroatoms. The van der Waals surface area contributed by atoms with E-state index in [0.717, 1.165) is 57.7 Å². The molecule has 0 aromatic heterocycles. The number of guanidine groups is 1. The third kappa shape index (κ3) is 5.36. The predicted octanol–water partition coefficient (Wildman–Crippen LogP) is 2.30. The highest BCUT2D eigenvalue weighted by Gasteiger charge is 2.27. The van der Waals surface area contributed by atoms with Crippen LogP contribution in [0, 0.1) is 0 Å². The minimum absolute atomic E-state index is 0.462. The van der Waals surface area contributed by atoms with Crippen molar-refractivity contribution in [3.05, 3.63) is 30.3 Å². The number of hydrogen-bond acceptors (Lipinski definition) is 3. The summed E-state index contributed by atoms with van der Waals surface area (Å²) < 4.78 is 0. The van der Waals surface area contributed by atoms with E-state index in [-0.39, 0.29) is 0 Å². The predicted molar refractivity (Wildman–Crippen MR) is 106 cm³/mol. The van der Waals surface area contributed by atoms with E-state index in [1.807, 2.05) is 0 Å². The van der Waals surface area contributed by atoms with Gasteiger partial charge in [0.15, 0.2) is 5.96 Å². The van der Waals surface area contributed by atoms with Crippen LogP contribution in [0.4, 0.5) is 5.69 Å². The van der Waals surface area contributed by atoms with Gasteiger partial charge in [-0.05, 0) is 44.9 Å². The molecule has 5 nitrogen and oxygen atoms in total. The summed E-state index contributed by atoms with van der Waals surface area (Å²) in [6.07, 6.45) is 3.89. The molecule has 2 fully saturated rings. The molecule has 1 saturated carbocycles. The van der Waals surface area contributed by atoms with Gasteiger partial charge in [0, 0.05) is 44.0 Å². The molecule has 2 aliphatic rings. The lowest BCUT2D eigenvalue weighted by molar-refractivity contribution is 0.286. The average molecular weight is 344 g/mol. The zero-order valence-electron chi connectivity index (χ0n) is 15.7. The van der Waals surface area contributed by atoms with E-state index in [2.05, 4.69) is 64.6 Å². The van der Waals surface area contributed by atoms with Crippen LogP contribution in [-0.2, 0) is 0 Å². The van der Waals surface area contributed by atoms with Crippen molar-refractivity contribution in [1.82, 2.24) is 15.5 Å². The van der Waals surface area contributed by atoms with E-state index in [4.69, 9.17) is 4.99 Å². The number of likely N-dealkylation sites (N-methyl/N-ethyl adjacent to an activating group) is 1. The topological polar surface area (TPSA) is 42.9 Å². The Hall–Kier alpha value is -1.75. The molecule has 0 spiro atoms. The van der Waals surface area contributed by atoms with E-state index >= 15 is 0 Å². The van der Waals surface area contributed by atoms with Crippen LogP contribution in [0.1, 0.15) is 33.1 Å². The van der Waals surface area contributed by atoms with Crippen LogP contribution >= 0.6 is 0 Å². The van der Waals surface area contributed by atoms with E-state index in [1.165, 1.54) is 18.5 Å². The maximum Gasteiger partial charge on any atom is 0.191 e. The Morgan fingerprint density at radius 1 is 1.20 bits per heavy atom. The largest absolute Gasteiger partial charge is 0.369 e. The third-order valence-electron chi connectivity index (χ3n) is 5.12. The number of anilines is 1. The van der Waals surface area contributed by atoms with Gasteiger partial charge < -0.3 is 15.5 Å². The highest BCUT2D eigenvalue weighted by molar-refractivity contribution is 5.80. The van der Waals surface area contributed by atoms with Gasteiger partial charge in [0.2, 0.25) is 0 Å². The lowest BCUT2D eigenvalue weighted by Crippen LogP contribution is -2.45. The van der Waals surface area contributed by atoms with Crippen molar-refractivity contribution >= 4 is 11.6 Å². The standard InChI is InChI=1S/C20H33N5/c1-3-21-20(22-13-15-24(4-2)19-10-11-19)23-17-12-14-25(16-17)18-8-6-5-7-9-18/h5-9,17,19H,3-4,10-16H2,1-2H3,(H2,21,22,23). The monoisotopic (exact) mass is 343 g/mol. The Balaban J connectivity index is 1.48. The quantitative estimate of drug-likeness (QED) is 0.561. The van der Waals surface area contributed by atoms with Crippen molar-refractivity contribution in [3.63, 3.8) is 0 Å². The second-order valence-corrected chi connectivity index (χ2v) is 7.03. The van der Waals surface area contributed by atoms with Gasteiger partial charge in [-0.3, -0.25) is 9.89 Å². The highest BCUT2D eigenvalue weighted by atomic mass is 15.3. The minimum Gasteiger partial charge on any atom is -0.369 e. The van der Waals surface area contributed by atoms with Crippen molar-refractivity contribution < 1.29 is 0 Å². The van der Waals surface area contributed by atoms with Gasteiger partial charge in [0.1, 0.15) is 0 Å². The molecule has 1 heterocycles. The maximum atomic E-state index is 4.81. The number of para-hydroxylation sites is 1. The summed E-state index contributed by atoms with van der Waals surface area (Å²) in [7, 11) is 0. The summed E-state index contributed by atoms with van der Waals surface area (Å²) in [5, 5.41) is 7.03. The highest BCUT2D eigenvalue weighted by Crippen LogP contribution is 2.26. The van der Waals surface area contributed by atoms with Gasteiger partial charge >= 0.3 is 0 Å². The fourth-order valence-electron chi connectivity index (χ4n) is 3.59. The molecule has 1 saturated heterocycles. The van der Waals surface area contributed by atoms with E-state index in [9.17, 15) is 0 Å². The molecular weight excluding hydrogens is 310 g/mol. The fourth-order valence-corrected chi connectivity index (χ4v) is 3.59. The molecule has 1 aromatic rings. The smallest absolute Gasteiger partial charge is 0.191 e. The van der Waals surface area contributed by atoms with Crippen molar-refractivity contribution in [2.24, 2.45) is 4.99 Å². The van der Waals surface area contributed by atoms with Crippen molar-refractivity contribution in [1.29, 1.82) is 0 Å². The lowest BCUT2D eigenvalue weighted by Gasteiger charge is -2.21. The molecule has 25 heavy (non-hydrogen) atoms. The Morgan fingerprint density at radius 3 is 2.68 bits per heavy atom. The van der Waals surface area contributed by atoms with E-state index in [0.29, 0.717) is 6.04 Å². The Bertz CT molecular complexity index is 540. The van der Waals surface area contributed by atoms with Gasteiger partial charge in [-0.1, -0.05) is 25.1 Å². The molecule has 138 valence electrons. The number of benzene rings is 1. The molecule has 0 radical (unpaired) electrons. The summed E-state index contributed by atoms with van der Waals surface area (Å²) in [5.74, 6) is 0.967.